The van der Waals surface area contributed by atoms with Gasteiger partial charge >= 0.3 is 0 Å². The smallest absolute Gasteiger partial charge is 0.267 e. The van der Waals surface area contributed by atoms with E-state index >= 15 is 0 Å². The van der Waals surface area contributed by atoms with E-state index in [4.69, 9.17) is 5.73 Å². The Kier molecular flexibility index (Phi) is 4.37. The number of hydrogen-bond donors (Lipinski definition) is 2. The summed E-state index contributed by atoms with van der Waals surface area (Å²) in [4.78, 5) is 11.7. The summed E-state index contributed by atoms with van der Waals surface area (Å²) in [5.74, 6) is -0.0258. The Bertz CT molecular complexity index is 317. The van der Waals surface area contributed by atoms with Gasteiger partial charge in [0, 0.05) is 18.8 Å². The molecule has 0 aromatic carbocycles. The van der Waals surface area contributed by atoms with Crippen LogP contribution in [0.15, 0.2) is 18.3 Å². The molecule has 0 bridgehead atoms. The summed E-state index contributed by atoms with van der Waals surface area (Å²) in [7, 11) is 0. The monoisotopic (exact) mass is 209 g/mol. The fraction of sp³-hybridized carbons (Fsp3) is 0.545. The Morgan fingerprint density at radius 1 is 1.60 bits per heavy atom. The van der Waals surface area contributed by atoms with Crippen molar-refractivity contribution in [3.8, 4) is 0 Å². The molecule has 0 aliphatic carbocycles. The van der Waals surface area contributed by atoms with Crippen LogP contribution in [0.25, 0.3) is 0 Å². The van der Waals surface area contributed by atoms with Crippen LogP contribution in [0.4, 0.5) is 0 Å². The van der Waals surface area contributed by atoms with Gasteiger partial charge in [-0.3, -0.25) is 4.79 Å². The second kappa shape index (κ2) is 5.56. The molecule has 15 heavy (non-hydrogen) atoms. The molecule has 0 radical (unpaired) electrons. The van der Waals surface area contributed by atoms with Crippen LogP contribution in [0.3, 0.4) is 0 Å². The zero-order valence-corrected chi connectivity index (χ0v) is 9.36. The molecule has 3 N–H and O–H groups in total. The number of amides is 1. The van der Waals surface area contributed by atoms with Gasteiger partial charge in [0.2, 0.25) is 0 Å². The van der Waals surface area contributed by atoms with Gasteiger partial charge in [0.25, 0.3) is 5.91 Å². The number of nitrogens with one attached hydrogen (secondary N) is 1. The van der Waals surface area contributed by atoms with Gasteiger partial charge in [-0.15, -0.1) is 0 Å². The van der Waals surface area contributed by atoms with Gasteiger partial charge < -0.3 is 15.6 Å². The number of carbonyl (C=O) groups excluding carboxylic acids is 1. The fourth-order valence-corrected chi connectivity index (χ4v) is 1.43. The van der Waals surface area contributed by atoms with E-state index in [1.54, 1.807) is 0 Å². The molecule has 4 nitrogen and oxygen atoms in total. The van der Waals surface area contributed by atoms with Crippen LogP contribution in [0, 0.1) is 0 Å². The lowest BCUT2D eigenvalue weighted by Crippen LogP contribution is -2.28. The Morgan fingerprint density at radius 2 is 2.33 bits per heavy atom. The molecule has 0 spiro atoms. The molecule has 0 fully saturated rings. The van der Waals surface area contributed by atoms with Gasteiger partial charge in [0.15, 0.2) is 0 Å². The first-order chi connectivity index (χ1) is 7.16. The maximum absolute atomic E-state index is 11.7. The molecule has 1 amide bonds. The van der Waals surface area contributed by atoms with Crippen molar-refractivity contribution in [2.45, 2.75) is 26.3 Å². The van der Waals surface area contributed by atoms with Gasteiger partial charge in [0.1, 0.15) is 5.69 Å². The topological polar surface area (TPSA) is 60.0 Å². The largest absolute Gasteiger partial charge is 0.351 e. The van der Waals surface area contributed by atoms with Crippen molar-refractivity contribution in [1.29, 1.82) is 0 Å². The molecule has 1 aromatic heterocycles. The normalized spacial score (nSPS) is 10.7. The van der Waals surface area contributed by atoms with Crippen LogP contribution >= 0.6 is 0 Å². The fourth-order valence-electron chi connectivity index (χ4n) is 1.43. The SMILES string of the molecule is CC(C)n1cccc1C(=O)NCCCN. The number of nitrogens with zero attached hydrogens (tertiary/aromatic N) is 1. The van der Waals surface area contributed by atoms with Crippen LogP contribution in [0.1, 0.15) is 36.8 Å². The van der Waals surface area contributed by atoms with Crippen LogP contribution in [0.5, 0.6) is 0 Å². The van der Waals surface area contributed by atoms with Gasteiger partial charge in [-0.05, 0) is 38.9 Å². The van der Waals surface area contributed by atoms with Crippen molar-refractivity contribution in [2.24, 2.45) is 5.73 Å². The van der Waals surface area contributed by atoms with Crippen molar-refractivity contribution < 1.29 is 4.79 Å². The average Bonchev–Trinajstić information content (AvgIpc) is 2.66. The molecule has 1 rings (SSSR count). The van der Waals surface area contributed by atoms with Crippen molar-refractivity contribution >= 4 is 5.91 Å². The quantitative estimate of drug-likeness (QED) is 0.715. The van der Waals surface area contributed by atoms with Crippen molar-refractivity contribution in [1.82, 2.24) is 9.88 Å². The molecule has 84 valence electrons. The molecular weight excluding hydrogens is 190 g/mol. The highest BCUT2D eigenvalue weighted by Gasteiger charge is 2.11. The summed E-state index contributed by atoms with van der Waals surface area (Å²) < 4.78 is 1.96. The second-order valence-electron chi connectivity index (χ2n) is 3.79. The Balaban J connectivity index is 2.61. The summed E-state index contributed by atoms with van der Waals surface area (Å²) in [6.45, 7) is 5.34. The third kappa shape index (κ3) is 3.09. The summed E-state index contributed by atoms with van der Waals surface area (Å²) in [5, 5.41) is 2.84. The number of hydrogen-bond acceptors (Lipinski definition) is 2. The van der Waals surface area contributed by atoms with E-state index < -0.39 is 0 Å². The van der Waals surface area contributed by atoms with Crippen molar-refractivity contribution in [2.75, 3.05) is 13.1 Å². The lowest BCUT2D eigenvalue weighted by molar-refractivity contribution is 0.0943. The van der Waals surface area contributed by atoms with E-state index in [-0.39, 0.29) is 5.91 Å². The maximum Gasteiger partial charge on any atom is 0.267 e. The highest BCUT2D eigenvalue weighted by molar-refractivity contribution is 5.92. The zero-order valence-electron chi connectivity index (χ0n) is 9.36. The molecule has 1 aromatic rings. The summed E-state index contributed by atoms with van der Waals surface area (Å²) in [6.07, 6.45) is 2.73. The van der Waals surface area contributed by atoms with E-state index in [2.05, 4.69) is 19.2 Å². The van der Waals surface area contributed by atoms with Crippen LogP contribution in [-0.2, 0) is 0 Å². The van der Waals surface area contributed by atoms with Crippen molar-refractivity contribution in [3.05, 3.63) is 24.0 Å². The highest BCUT2D eigenvalue weighted by atomic mass is 16.1. The zero-order chi connectivity index (χ0) is 11.3. The molecule has 4 heteroatoms. The van der Waals surface area contributed by atoms with Crippen LogP contribution < -0.4 is 11.1 Å². The maximum atomic E-state index is 11.7. The minimum atomic E-state index is -0.0258. The number of rotatable bonds is 5. The average molecular weight is 209 g/mol. The van der Waals surface area contributed by atoms with Crippen LogP contribution in [-0.4, -0.2) is 23.6 Å². The van der Waals surface area contributed by atoms with Crippen molar-refractivity contribution in [3.63, 3.8) is 0 Å². The van der Waals surface area contributed by atoms with Gasteiger partial charge in [0.05, 0.1) is 0 Å². The van der Waals surface area contributed by atoms with E-state index in [0.29, 0.717) is 24.8 Å². The summed E-state index contributed by atoms with van der Waals surface area (Å²) in [5.41, 5.74) is 6.07. The minimum Gasteiger partial charge on any atom is -0.351 e. The minimum absolute atomic E-state index is 0.0258. The number of aromatic nitrogens is 1. The molecule has 0 atom stereocenters. The molecule has 0 saturated heterocycles. The summed E-state index contributed by atoms with van der Waals surface area (Å²) in [6, 6.07) is 4.02. The number of carbonyl (C=O) groups is 1. The van der Waals surface area contributed by atoms with Crippen LogP contribution in [0.2, 0.25) is 0 Å². The van der Waals surface area contributed by atoms with Gasteiger partial charge in [-0.2, -0.15) is 0 Å². The van der Waals surface area contributed by atoms with E-state index in [0.717, 1.165) is 6.42 Å². The van der Waals surface area contributed by atoms with Gasteiger partial charge in [-0.25, -0.2) is 0 Å². The first-order valence-electron chi connectivity index (χ1n) is 5.32. The summed E-state index contributed by atoms with van der Waals surface area (Å²) >= 11 is 0. The standard InChI is InChI=1S/C11H19N3O/c1-9(2)14-8-3-5-10(14)11(15)13-7-4-6-12/h3,5,8-9H,4,6-7,12H2,1-2H3,(H,13,15). The predicted molar refractivity (Wildman–Crippen MR) is 60.8 cm³/mol. The molecule has 0 aliphatic heterocycles. The lowest BCUT2D eigenvalue weighted by Gasteiger charge is -2.12. The first-order valence-corrected chi connectivity index (χ1v) is 5.32. The Morgan fingerprint density at radius 3 is 2.93 bits per heavy atom. The Hall–Kier alpha value is -1.29. The highest BCUT2D eigenvalue weighted by Crippen LogP contribution is 2.10. The predicted octanol–water partition coefficient (Wildman–Crippen LogP) is 1.15. The first kappa shape index (κ1) is 11.8. The third-order valence-corrected chi connectivity index (χ3v) is 2.23. The van der Waals surface area contributed by atoms with E-state index in [1.165, 1.54) is 0 Å². The molecule has 1 heterocycles. The lowest BCUT2D eigenvalue weighted by atomic mass is 10.3. The molecular formula is C11H19N3O. The second-order valence-corrected chi connectivity index (χ2v) is 3.79. The van der Waals surface area contributed by atoms with E-state index in [9.17, 15) is 4.79 Å². The number of nitrogens with two attached hydrogens (primary N) is 1. The molecule has 0 aliphatic rings. The van der Waals surface area contributed by atoms with E-state index in [1.807, 2.05) is 22.9 Å². The third-order valence-electron chi connectivity index (χ3n) is 2.23. The molecule has 0 unspecified atom stereocenters. The van der Waals surface area contributed by atoms with Gasteiger partial charge in [-0.1, -0.05) is 0 Å². The Labute approximate surface area is 90.5 Å². The molecule has 0 saturated carbocycles.